The van der Waals surface area contributed by atoms with Crippen LogP contribution in [0.15, 0.2) is 0 Å². The normalized spacial score (nSPS) is 35.3. The van der Waals surface area contributed by atoms with Gasteiger partial charge in [-0.1, -0.05) is 27.7 Å². The summed E-state index contributed by atoms with van der Waals surface area (Å²) in [5.41, 5.74) is 0. The lowest BCUT2D eigenvalue weighted by Gasteiger charge is -2.40. The first-order valence-electron chi connectivity index (χ1n) is 5.68. The van der Waals surface area contributed by atoms with Crippen LogP contribution in [0, 0.1) is 5.92 Å². The summed E-state index contributed by atoms with van der Waals surface area (Å²) in [5.74, 6) is 0.729. The minimum Gasteiger partial charge on any atom is -0.311 e. The van der Waals surface area contributed by atoms with Gasteiger partial charge in [-0.15, -0.1) is 0 Å². The molecule has 3 atom stereocenters. The molecule has 1 saturated heterocycles. The second-order valence-electron chi connectivity index (χ2n) is 4.46. The Morgan fingerprint density at radius 1 is 1.23 bits per heavy atom. The first-order valence-corrected chi connectivity index (χ1v) is 5.68. The zero-order valence-corrected chi connectivity index (χ0v) is 9.43. The van der Waals surface area contributed by atoms with E-state index in [0.29, 0.717) is 18.1 Å². The monoisotopic (exact) mass is 184 g/mol. The SMILES string of the molecule is CCC1CNC(CC)C(C(C)C)N1. The van der Waals surface area contributed by atoms with Gasteiger partial charge in [-0.05, 0) is 18.8 Å². The molecule has 1 fully saturated rings. The third-order valence-electron chi connectivity index (χ3n) is 3.14. The van der Waals surface area contributed by atoms with Crippen molar-refractivity contribution in [2.45, 2.75) is 58.7 Å². The van der Waals surface area contributed by atoms with E-state index in [1.54, 1.807) is 0 Å². The first-order chi connectivity index (χ1) is 6.19. The summed E-state index contributed by atoms with van der Waals surface area (Å²) < 4.78 is 0. The molecular weight excluding hydrogens is 160 g/mol. The third kappa shape index (κ3) is 2.68. The van der Waals surface area contributed by atoms with Crippen molar-refractivity contribution < 1.29 is 0 Å². The zero-order chi connectivity index (χ0) is 9.84. The van der Waals surface area contributed by atoms with Crippen LogP contribution in [-0.4, -0.2) is 24.7 Å². The molecule has 3 unspecified atom stereocenters. The predicted molar refractivity (Wildman–Crippen MR) is 57.9 cm³/mol. The van der Waals surface area contributed by atoms with Crippen LogP contribution < -0.4 is 10.6 Å². The average molecular weight is 184 g/mol. The van der Waals surface area contributed by atoms with Gasteiger partial charge >= 0.3 is 0 Å². The largest absolute Gasteiger partial charge is 0.311 e. The van der Waals surface area contributed by atoms with E-state index in [1.807, 2.05) is 0 Å². The van der Waals surface area contributed by atoms with Crippen molar-refractivity contribution in [3.8, 4) is 0 Å². The van der Waals surface area contributed by atoms with Crippen LogP contribution in [0.25, 0.3) is 0 Å². The maximum absolute atomic E-state index is 3.74. The van der Waals surface area contributed by atoms with Crippen LogP contribution in [0.1, 0.15) is 40.5 Å². The summed E-state index contributed by atoms with van der Waals surface area (Å²) in [4.78, 5) is 0. The van der Waals surface area contributed by atoms with Gasteiger partial charge in [0, 0.05) is 24.7 Å². The van der Waals surface area contributed by atoms with Gasteiger partial charge in [-0.3, -0.25) is 0 Å². The molecule has 0 radical (unpaired) electrons. The first kappa shape index (κ1) is 11.0. The molecule has 0 aromatic rings. The highest BCUT2D eigenvalue weighted by Crippen LogP contribution is 2.14. The summed E-state index contributed by atoms with van der Waals surface area (Å²) >= 11 is 0. The summed E-state index contributed by atoms with van der Waals surface area (Å²) in [5, 5.41) is 7.38. The van der Waals surface area contributed by atoms with Gasteiger partial charge in [-0.25, -0.2) is 0 Å². The molecule has 0 saturated carbocycles. The quantitative estimate of drug-likeness (QED) is 0.698. The highest BCUT2D eigenvalue weighted by Gasteiger charge is 2.29. The Hall–Kier alpha value is -0.0800. The maximum Gasteiger partial charge on any atom is 0.0247 e. The second-order valence-corrected chi connectivity index (χ2v) is 4.46. The van der Waals surface area contributed by atoms with E-state index < -0.39 is 0 Å². The van der Waals surface area contributed by atoms with Gasteiger partial charge in [0.1, 0.15) is 0 Å². The van der Waals surface area contributed by atoms with E-state index in [-0.39, 0.29) is 0 Å². The molecule has 1 heterocycles. The van der Waals surface area contributed by atoms with Gasteiger partial charge < -0.3 is 10.6 Å². The highest BCUT2D eigenvalue weighted by atomic mass is 15.1. The average Bonchev–Trinajstić information content (AvgIpc) is 2.16. The molecule has 0 spiro atoms. The fourth-order valence-corrected chi connectivity index (χ4v) is 2.19. The summed E-state index contributed by atoms with van der Waals surface area (Å²) in [6.45, 7) is 10.3. The standard InChI is InChI=1S/C11H24N2/c1-5-9-7-12-10(6-2)11(13-9)8(3)4/h8-13H,5-7H2,1-4H3. The zero-order valence-electron chi connectivity index (χ0n) is 9.43. The van der Waals surface area contributed by atoms with Gasteiger partial charge in [0.15, 0.2) is 0 Å². The lowest BCUT2D eigenvalue weighted by atomic mass is 9.91. The van der Waals surface area contributed by atoms with Gasteiger partial charge in [0.05, 0.1) is 0 Å². The van der Waals surface area contributed by atoms with Crippen LogP contribution in [-0.2, 0) is 0 Å². The number of nitrogens with one attached hydrogen (secondary N) is 2. The summed E-state index contributed by atoms with van der Waals surface area (Å²) in [6, 6.07) is 2.00. The molecule has 0 aliphatic carbocycles. The molecule has 0 aromatic carbocycles. The van der Waals surface area contributed by atoms with E-state index >= 15 is 0 Å². The van der Waals surface area contributed by atoms with Crippen LogP contribution in [0.3, 0.4) is 0 Å². The fraction of sp³-hybridized carbons (Fsp3) is 1.00. The Morgan fingerprint density at radius 2 is 1.92 bits per heavy atom. The minimum absolute atomic E-state index is 0.656. The van der Waals surface area contributed by atoms with E-state index in [1.165, 1.54) is 12.8 Å². The van der Waals surface area contributed by atoms with Crippen molar-refractivity contribution in [3.63, 3.8) is 0 Å². The van der Waals surface area contributed by atoms with Crippen LogP contribution in [0.4, 0.5) is 0 Å². The molecular formula is C11H24N2. The highest BCUT2D eigenvalue weighted by molar-refractivity contribution is 4.92. The summed E-state index contributed by atoms with van der Waals surface area (Å²) in [7, 11) is 0. The molecule has 1 aliphatic heterocycles. The van der Waals surface area contributed by atoms with Crippen molar-refractivity contribution in [1.29, 1.82) is 0 Å². The molecule has 1 aliphatic rings. The van der Waals surface area contributed by atoms with Crippen molar-refractivity contribution in [2.24, 2.45) is 5.92 Å². The van der Waals surface area contributed by atoms with E-state index in [2.05, 4.69) is 38.3 Å². The molecule has 0 amide bonds. The molecule has 13 heavy (non-hydrogen) atoms. The molecule has 2 N–H and O–H groups in total. The van der Waals surface area contributed by atoms with Crippen LogP contribution in [0.2, 0.25) is 0 Å². The van der Waals surface area contributed by atoms with Crippen molar-refractivity contribution in [2.75, 3.05) is 6.54 Å². The lowest BCUT2D eigenvalue weighted by Crippen LogP contribution is -2.62. The fourth-order valence-electron chi connectivity index (χ4n) is 2.19. The molecule has 78 valence electrons. The van der Waals surface area contributed by atoms with Crippen LogP contribution >= 0.6 is 0 Å². The maximum atomic E-state index is 3.74. The Balaban J connectivity index is 2.52. The van der Waals surface area contributed by atoms with Crippen molar-refractivity contribution in [1.82, 2.24) is 10.6 Å². The molecule has 1 rings (SSSR count). The number of rotatable bonds is 3. The molecule has 0 aromatic heterocycles. The Bertz CT molecular complexity index is 145. The van der Waals surface area contributed by atoms with Crippen molar-refractivity contribution >= 4 is 0 Å². The number of hydrogen-bond donors (Lipinski definition) is 2. The topological polar surface area (TPSA) is 24.1 Å². The van der Waals surface area contributed by atoms with E-state index in [0.717, 1.165) is 12.5 Å². The third-order valence-corrected chi connectivity index (χ3v) is 3.14. The van der Waals surface area contributed by atoms with E-state index in [4.69, 9.17) is 0 Å². The van der Waals surface area contributed by atoms with Crippen LogP contribution in [0.5, 0.6) is 0 Å². The van der Waals surface area contributed by atoms with Gasteiger partial charge in [0.2, 0.25) is 0 Å². The minimum atomic E-state index is 0.656. The molecule has 0 bridgehead atoms. The Morgan fingerprint density at radius 3 is 2.38 bits per heavy atom. The summed E-state index contributed by atoms with van der Waals surface area (Å²) in [6.07, 6.45) is 2.46. The molecule has 2 heteroatoms. The second kappa shape index (κ2) is 4.97. The lowest BCUT2D eigenvalue weighted by molar-refractivity contribution is 0.213. The van der Waals surface area contributed by atoms with Crippen molar-refractivity contribution in [3.05, 3.63) is 0 Å². The Kier molecular flexibility index (Phi) is 4.20. The predicted octanol–water partition coefficient (Wildman–Crippen LogP) is 1.76. The molecule has 2 nitrogen and oxygen atoms in total. The smallest absolute Gasteiger partial charge is 0.0247 e. The van der Waals surface area contributed by atoms with Gasteiger partial charge in [-0.2, -0.15) is 0 Å². The Labute approximate surface area is 82.5 Å². The number of hydrogen-bond acceptors (Lipinski definition) is 2. The van der Waals surface area contributed by atoms with E-state index in [9.17, 15) is 0 Å². The van der Waals surface area contributed by atoms with Gasteiger partial charge in [0.25, 0.3) is 0 Å². The number of piperazine rings is 1.